The van der Waals surface area contributed by atoms with Crippen LogP contribution in [0.1, 0.15) is 16.8 Å². The maximum absolute atomic E-state index is 11.6. The molecule has 0 amide bonds. The number of Topliss-reactive ketones (excluding diaryl/α,β-unsaturated/α-hetero) is 1. The molecule has 0 saturated carbocycles. The van der Waals surface area contributed by atoms with Crippen LogP contribution in [0.4, 0.5) is 5.69 Å². The molecule has 1 aromatic carbocycles. The number of phenols is 1. The van der Waals surface area contributed by atoms with Crippen molar-refractivity contribution >= 4 is 17.4 Å². The molecule has 0 aromatic heterocycles. The summed E-state index contributed by atoms with van der Waals surface area (Å²) in [6, 6.07) is 2.93. The smallest absolute Gasteiger partial charge is 0.320 e. The summed E-state index contributed by atoms with van der Waals surface area (Å²) in [5.74, 6) is -1.98. The second kappa shape index (κ2) is 4.63. The van der Waals surface area contributed by atoms with Crippen LogP contribution >= 0.6 is 0 Å². The van der Waals surface area contributed by atoms with Crippen molar-refractivity contribution in [1.82, 2.24) is 0 Å². The molecular formula is C10H12N2O4. The van der Waals surface area contributed by atoms with Crippen molar-refractivity contribution < 1.29 is 19.8 Å². The highest BCUT2D eigenvalue weighted by Gasteiger charge is 2.19. The highest BCUT2D eigenvalue weighted by molar-refractivity contribution is 6.03. The number of hydrogen-bond donors (Lipinski definition) is 4. The summed E-state index contributed by atoms with van der Waals surface area (Å²) in [5.41, 5.74) is 10.7. The van der Waals surface area contributed by atoms with Gasteiger partial charge < -0.3 is 21.7 Å². The fraction of sp³-hybridized carbons (Fsp3) is 0.200. The first kappa shape index (κ1) is 12.0. The molecule has 16 heavy (non-hydrogen) atoms. The van der Waals surface area contributed by atoms with E-state index >= 15 is 0 Å². The number of anilines is 1. The average molecular weight is 228 g/mol. The van der Waals surface area contributed by atoms with E-state index in [0.29, 0.717) is 0 Å². The molecule has 6 nitrogen and oxygen atoms in total. The Bertz CT molecular complexity index is 431. The molecular weight excluding hydrogens is 216 g/mol. The lowest BCUT2D eigenvalue weighted by Crippen LogP contribution is -2.32. The van der Waals surface area contributed by atoms with Crippen LogP contribution in [0.15, 0.2) is 18.2 Å². The molecule has 1 aromatic rings. The number of phenolic OH excluding ortho intramolecular Hbond substituents is 1. The summed E-state index contributed by atoms with van der Waals surface area (Å²) in [5, 5.41) is 17.8. The summed E-state index contributed by atoms with van der Waals surface area (Å²) in [6.45, 7) is 0. The lowest BCUT2D eigenvalue weighted by Gasteiger charge is -2.08. The first-order valence-corrected chi connectivity index (χ1v) is 4.52. The number of carboxylic acids is 1. The number of ketones is 1. The highest BCUT2D eigenvalue weighted by Crippen LogP contribution is 2.24. The summed E-state index contributed by atoms with van der Waals surface area (Å²) >= 11 is 0. The number of carboxylic acid groups (broad SMARTS) is 1. The van der Waals surface area contributed by atoms with Gasteiger partial charge in [0.15, 0.2) is 5.78 Å². The number of carbonyl (C=O) groups is 2. The number of carbonyl (C=O) groups excluding carboxylic acids is 1. The van der Waals surface area contributed by atoms with E-state index in [4.69, 9.17) is 16.6 Å². The van der Waals surface area contributed by atoms with Gasteiger partial charge in [0.1, 0.15) is 11.8 Å². The summed E-state index contributed by atoms with van der Waals surface area (Å²) < 4.78 is 0. The third-order valence-corrected chi connectivity index (χ3v) is 2.11. The molecule has 0 fully saturated rings. The molecule has 0 aliphatic carbocycles. The predicted octanol–water partition coefficient (Wildman–Crippen LogP) is -0.0409. The molecule has 1 unspecified atom stereocenters. The van der Waals surface area contributed by atoms with Gasteiger partial charge in [-0.25, -0.2) is 0 Å². The monoisotopic (exact) mass is 228 g/mol. The van der Waals surface area contributed by atoms with Gasteiger partial charge in [-0.15, -0.1) is 0 Å². The fourth-order valence-electron chi connectivity index (χ4n) is 1.19. The number of nitrogens with two attached hydrogens (primary N) is 2. The third kappa shape index (κ3) is 2.48. The van der Waals surface area contributed by atoms with Gasteiger partial charge >= 0.3 is 5.97 Å². The van der Waals surface area contributed by atoms with Crippen molar-refractivity contribution in [2.75, 3.05) is 5.73 Å². The summed E-state index contributed by atoms with van der Waals surface area (Å²) in [4.78, 5) is 22.1. The molecule has 6 N–H and O–H groups in total. The van der Waals surface area contributed by atoms with Crippen LogP contribution in [0.3, 0.4) is 0 Å². The van der Waals surface area contributed by atoms with Gasteiger partial charge in [0, 0.05) is 12.0 Å². The van der Waals surface area contributed by atoms with Crippen molar-refractivity contribution in [3.05, 3.63) is 23.8 Å². The zero-order valence-corrected chi connectivity index (χ0v) is 8.38. The van der Waals surface area contributed by atoms with E-state index in [1.807, 2.05) is 0 Å². The van der Waals surface area contributed by atoms with E-state index in [1.54, 1.807) is 0 Å². The van der Waals surface area contributed by atoms with Crippen LogP contribution in [-0.2, 0) is 4.79 Å². The van der Waals surface area contributed by atoms with Gasteiger partial charge in [0.05, 0.1) is 5.69 Å². The predicted molar refractivity (Wildman–Crippen MR) is 57.1 cm³/mol. The number of benzene rings is 1. The standard InChI is InChI=1S/C10H12N2O4/c11-6(10(15)16)4-8(14)5-2-1-3-7(13)9(5)12/h1-3,6,13H,4,11-12H2,(H,15,16)/i4+1,6+1,10+1,11+1. The Kier molecular flexibility index (Phi) is 3.47. The van der Waals surface area contributed by atoms with Gasteiger partial charge in [-0.3, -0.25) is 9.59 Å². The second-order valence-corrected chi connectivity index (χ2v) is 3.31. The molecule has 0 aliphatic heterocycles. The van der Waals surface area contributed by atoms with Crippen LogP contribution in [0.25, 0.3) is 0 Å². The van der Waals surface area contributed by atoms with Crippen LogP contribution < -0.4 is 11.5 Å². The minimum absolute atomic E-state index is 0.0647. The van der Waals surface area contributed by atoms with Gasteiger partial charge in [0.2, 0.25) is 0 Å². The summed E-state index contributed by atoms with van der Waals surface area (Å²) in [6.07, 6.45) is -0.358. The maximum Gasteiger partial charge on any atom is 0.320 e. The number of rotatable bonds is 4. The number of aromatic hydroxyl groups is 1. The Labute approximate surface area is 91.5 Å². The minimum Gasteiger partial charge on any atom is -0.506 e. The van der Waals surface area contributed by atoms with Gasteiger partial charge in [-0.2, -0.15) is 0 Å². The molecule has 0 spiro atoms. The average Bonchev–Trinajstić information content (AvgIpc) is 2.21. The number of aliphatic carboxylic acids is 1. The molecule has 6 heteroatoms. The Morgan fingerprint density at radius 2 is 2.00 bits per heavy atom. The molecule has 0 bridgehead atoms. The Balaban J connectivity index is 2.89. The Hall–Kier alpha value is -2.08. The minimum atomic E-state index is -1.27. The van der Waals surface area contributed by atoms with E-state index in [9.17, 15) is 14.7 Å². The van der Waals surface area contributed by atoms with Gasteiger partial charge in [0.25, 0.3) is 0 Å². The molecule has 86 valence electrons. The lowest BCUT2D eigenvalue weighted by atomic mass is 10.1. The molecule has 0 saturated heterocycles. The van der Waals surface area contributed by atoms with Crippen LogP contribution in [-0.4, -0.2) is 28.0 Å². The van der Waals surface area contributed by atoms with Gasteiger partial charge in [-0.1, -0.05) is 6.07 Å². The van der Waals surface area contributed by atoms with E-state index in [0.717, 1.165) is 0 Å². The number of para-hydroxylation sites is 1. The molecule has 0 heterocycles. The fourth-order valence-corrected chi connectivity index (χ4v) is 1.19. The first-order chi connectivity index (χ1) is 7.43. The van der Waals surface area contributed by atoms with Crippen LogP contribution in [0.5, 0.6) is 5.75 Å². The molecule has 0 aliphatic rings. The zero-order valence-electron chi connectivity index (χ0n) is 8.38. The third-order valence-electron chi connectivity index (χ3n) is 2.11. The number of nitrogen functional groups attached to an aromatic ring is 1. The SMILES string of the molecule is Nc1c(O)cccc1C(=O)[13CH2][13CH]([15NH2])[13C](=O)O. The van der Waals surface area contributed by atoms with E-state index in [-0.39, 0.29) is 23.4 Å². The highest BCUT2D eigenvalue weighted by atomic mass is 16.5. The normalized spacial score (nSPS) is 12.1. The Morgan fingerprint density at radius 1 is 1.38 bits per heavy atom. The Morgan fingerprint density at radius 3 is 2.56 bits per heavy atom. The first-order valence-electron chi connectivity index (χ1n) is 4.52. The molecule has 1 atom stereocenters. The largest absolute Gasteiger partial charge is 0.506 e. The van der Waals surface area contributed by atoms with Crippen molar-refractivity contribution in [2.24, 2.45) is 5.73 Å². The topological polar surface area (TPSA) is 127 Å². The van der Waals surface area contributed by atoms with E-state index in [1.165, 1.54) is 18.2 Å². The quantitative estimate of drug-likeness (QED) is 0.188. The zero-order chi connectivity index (χ0) is 12.3. The number of hydrogen-bond acceptors (Lipinski definition) is 5. The maximum atomic E-state index is 11.6. The molecule has 0 radical (unpaired) electrons. The van der Waals surface area contributed by atoms with Crippen molar-refractivity contribution in [3.63, 3.8) is 0 Å². The van der Waals surface area contributed by atoms with Crippen LogP contribution in [0.2, 0.25) is 0 Å². The van der Waals surface area contributed by atoms with Crippen molar-refractivity contribution in [1.29, 1.82) is 0 Å². The van der Waals surface area contributed by atoms with Crippen LogP contribution in [0, 0.1) is 0 Å². The van der Waals surface area contributed by atoms with Gasteiger partial charge in [-0.05, 0) is 12.1 Å². The molecule has 1 rings (SSSR count). The summed E-state index contributed by atoms with van der Waals surface area (Å²) in [7, 11) is 0. The lowest BCUT2D eigenvalue weighted by molar-refractivity contribution is -0.138. The van der Waals surface area contributed by atoms with E-state index < -0.39 is 17.8 Å². The second-order valence-electron chi connectivity index (χ2n) is 3.31. The van der Waals surface area contributed by atoms with Crippen molar-refractivity contribution in [3.8, 4) is 5.75 Å². The van der Waals surface area contributed by atoms with Crippen molar-refractivity contribution in [2.45, 2.75) is 12.5 Å². The van der Waals surface area contributed by atoms with E-state index in [2.05, 4.69) is 0 Å².